The molecule has 0 radical (unpaired) electrons. The van der Waals surface area contributed by atoms with Crippen molar-refractivity contribution in [2.45, 2.75) is 62.3 Å². The molecule has 0 amide bonds. The summed E-state index contributed by atoms with van der Waals surface area (Å²) in [5, 5.41) is 55.6. The number of carboxylic acids is 3. The standard InChI is InChI=1S/3C4H9O.3C2H4O2.2Al/c3*1-4(2)3-5;3*1-2(3)4;;/h3*4H,3H2,1-2H3;3*1H3,(H,3,4);;/q3*-1;;;;2*+3/p-3. The van der Waals surface area contributed by atoms with Gasteiger partial charge in [0.1, 0.15) is 0 Å². The molecule has 0 unspecified atom stereocenters. The quantitative estimate of drug-likeness (QED) is 0.381. The molecule has 0 spiro atoms. The summed E-state index contributed by atoms with van der Waals surface area (Å²) in [7, 11) is 0. The van der Waals surface area contributed by atoms with E-state index in [1.165, 1.54) is 0 Å². The van der Waals surface area contributed by atoms with Crippen LogP contribution in [0.25, 0.3) is 0 Å². The van der Waals surface area contributed by atoms with Gasteiger partial charge < -0.3 is 45.0 Å². The van der Waals surface area contributed by atoms with Crippen LogP contribution in [-0.2, 0) is 14.4 Å². The summed E-state index contributed by atoms with van der Waals surface area (Å²) in [6.07, 6.45) is 0. The fourth-order valence-electron chi connectivity index (χ4n) is 0. The van der Waals surface area contributed by atoms with Crippen molar-refractivity contribution in [3.63, 3.8) is 0 Å². The third kappa shape index (κ3) is 613. The molecule has 0 rings (SSSR count). The maximum absolute atomic E-state index is 9.63. The summed E-state index contributed by atoms with van der Waals surface area (Å²) in [4.78, 5) is 26.7. The molecule has 9 nitrogen and oxygen atoms in total. The van der Waals surface area contributed by atoms with E-state index in [1.54, 1.807) is 0 Å². The van der Waals surface area contributed by atoms with E-state index in [-0.39, 0.29) is 54.5 Å². The topological polar surface area (TPSA) is 190 Å². The minimum atomic E-state index is -1.08. The second-order valence-corrected chi connectivity index (χ2v) is 6.16. The molecule has 0 aliphatic carbocycles. The van der Waals surface area contributed by atoms with Gasteiger partial charge in [0, 0.05) is 17.9 Å². The first-order chi connectivity index (χ1) is 12.0. The Bertz CT molecular complexity index is 252. The first kappa shape index (κ1) is 51.2. The Morgan fingerprint density at radius 2 is 0.552 bits per heavy atom. The van der Waals surface area contributed by atoms with Gasteiger partial charge >= 0.3 is 34.7 Å². The second kappa shape index (κ2) is 45.9. The smallest absolute Gasteiger partial charge is 0.854 e. The number of aliphatic carboxylic acids is 3. The molecular formula is C18H36Al2O9. The van der Waals surface area contributed by atoms with Crippen LogP contribution in [0.3, 0.4) is 0 Å². The van der Waals surface area contributed by atoms with Gasteiger partial charge in [-0.25, -0.2) is 0 Å². The van der Waals surface area contributed by atoms with Gasteiger partial charge in [-0.15, -0.1) is 19.8 Å². The molecule has 0 aliphatic rings. The Kier molecular flexibility index (Phi) is 81.0. The van der Waals surface area contributed by atoms with E-state index in [9.17, 15) is 15.3 Å². The van der Waals surface area contributed by atoms with E-state index >= 15 is 0 Å². The number of carbonyl (C=O) groups is 3. The third-order valence-electron chi connectivity index (χ3n) is 1.00. The van der Waals surface area contributed by atoms with Gasteiger partial charge in [0.05, 0.1) is 0 Å². The zero-order chi connectivity index (χ0) is 23.6. The molecule has 0 fully saturated rings. The molecule has 0 aromatic heterocycles. The molecule has 0 aromatic carbocycles. The van der Waals surface area contributed by atoms with Crippen LogP contribution in [0.2, 0.25) is 0 Å². The minimum absolute atomic E-state index is 0. The van der Waals surface area contributed by atoms with Crippen LogP contribution in [0.15, 0.2) is 0 Å². The Labute approximate surface area is 197 Å². The molecule has 0 saturated carbocycles. The van der Waals surface area contributed by atoms with Crippen molar-refractivity contribution in [1.29, 1.82) is 0 Å². The molecule has 29 heavy (non-hydrogen) atoms. The maximum atomic E-state index is 9.63. The summed E-state index contributed by atoms with van der Waals surface area (Å²) < 4.78 is 0. The molecule has 0 aliphatic heterocycles. The van der Waals surface area contributed by atoms with E-state index in [2.05, 4.69) is 0 Å². The zero-order valence-corrected chi connectivity index (χ0v) is 21.5. The number of carbonyl (C=O) groups excluding carboxylic acids is 3. The van der Waals surface area contributed by atoms with Crippen LogP contribution in [0.1, 0.15) is 62.3 Å². The predicted molar refractivity (Wildman–Crippen MR) is 103 cm³/mol. The van der Waals surface area contributed by atoms with E-state index < -0.39 is 17.9 Å². The minimum Gasteiger partial charge on any atom is -0.854 e. The SMILES string of the molecule is CC(=O)[O-].CC(=O)[O-].CC(=O)[O-].CC(C)C[O-].CC(C)C[O-].CC(C)C[O-].[Al+3].[Al+3]. The fourth-order valence-corrected chi connectivity index (χ4v) is 0. The first-order valence-corrected chi connectivity index (χ1v) is 8.28. The van der Waals surface area contributed by atoms with Crippen molar-refractivity contribution >= 4 is 52.6 Å². The fraction of sp³-hybridized carbons (Fsp3) is 0.833. The van der Waals surface area contributed by atoms with Crippen LogP contribution in [0.4, 0.5) is 0 Å². The van der Waals surface area contributed by atoms with Gasteiger partial charge in [0.25, 0.3) is 0 Å². The van der Waals surface area contributed by atoms with Crippen LogP contribution < -0.4 is 30.6 Å². The van der Waals surface area contributed by atoms with Crippen molar-refractivity contribution < 1.29 is 45.0 Å². The third-order valence-corrected chi connectivity index (χ3v) is 1.00. The summed E-state index contributed by atoms with van der Waals surface area (Å²) in [6.45, 7) is 14.5. The molecule has 168 valence electrons. The zero-order valence-electron chi connectivity index (χ0n) is 19.2. The van der Waals surface area contributed by atoms with E-state index in [0.29, 0.717) is 17.8 Å². The van der Waals surface area contributed by atoms with E-state index in [0.717, 1.165) is 20.8 Å². The van der Waals surface area contributed by atoms with Crippen molar-refractivity contribution in [1.82, 2.24) is 0 Å². The van der Waals surface area contributed by atoms with E-state index in [1.807, 2.05) is 41.5 Å². The van der Waals surface area contributed by atoms with Gasteiger partial charge in [-0.2, -0.15) is 0 Å². The van der Waals surface area contributed by atoms with Gasteiger partial charge in [0.2, 0.25) is 0 Å². The van der Waals surface area contributed by atoms with Gasteiger partial charge in [-0.05, 0) is 20.8 Å². The monoisotopic (exact) mass is 450 g/mol. The Morgan fingerprint density at radius 1 is 0.517 bits per heavy atom. The first-order valence-electron chi connectivity index (χ1n) is 8.28. The molecule has 0 saturated heterocycles. The molecule has 0 heterocycles. The second-order valence-electron chi connectivity index (χ2n) is 6.16. The molecular weight excluding hydrogens is 414 g/mol. The van der Waals surface area contributed by atoms with Crippen LogP contribution in [0.5, 0.6) is 0 Å². The van der Waals surface area contributed by atoms with Crippen molar-refractivity contribution in [3.8, 4) is 0 Å². The average molecular weight is 450 g/mol. The van der Waals surface area contributed by atoms with Gasteiger partial charge in [0.15, 0.2) is 0 Å². The van der Waals surface area contributed by atoms with Crippen LogP contribution >= 0.6 is 0 Å². The number of carboxylic acid groups (broad SMARTS) is 3. The van der Waals surface area contributed by atoms with Gasteiger partial charge in [-0.3, -0.25) is 0 Å². The summed E-state index contributed by atoms with van der Waals surface area (Å²) in [6, 6.07) is 0. The Balaban J connectivity index is -0.0000000301. The molecule has 0 N–H and O–H groups in total. The maximum Gasteiger partial charge on any atom is 3.00 e. The summed E-state index contributed by atoms with van der Waals surface area (Å²) in [5.41, 5.74) is 0. The normalized spacial score (nSPS) is 7.55. The molecule has 0 aromatic rings. The Morgan fingerprint density at radius 3 is 0.552 bits per heavy atom. The predicted octanol–water partition coefficient (Wildman–Crippen LogP) is -4.48. The van der Waals surface area contributed by atoms with Crippen LogP contribution in [0, 0.1) is 17.8 Å². The molecule has 0 atom stereocenters. The summed E-state index contributed by atoms with van der Waals surface area (Å²) in [5.74, 6) is -2.26. The van der Waals surface area contributed by atoms with Crippen molar-refractivity contribution in [2.75, 3.05) is 19.8 Å². The molecule has 0 bridgehead atoms. The largest absolute Gasteiger partial charge is 3.00 e. The van der Waals surface area contributed by atoms with Crippen molar-refractivity contribution in [2.24, 2.45) is 17.8 Å². The van der Waals surface area contributed by atoms with Crippen molar-refractivity contribution in [3.05, 3.63) is 0 Å². The van der Waals surface area contributed by atoms with Gasteiger partial charge in [-0.1, -0.05) is 59.3 Å². The Hall–Kier alpha value is -0.645. The average Bonchev–Trinajstić information content (AvgIpc) is 2.46. The number of hydrogen-bond donors (Lipinski definition) is 0. The van der Waals surface area contributed by atoms with E-state index in [4.69, 9.17) is 29.7 Å². The number of rotatable bonds is 3. The molecule has 11 heteroatoms. The summed E-state index contributed by atoms with van der Waals surface area (Å²) >= 11 is 0. The number of hydrogen-bond acceptors (Lipinski definition) is 9. The van der Waals surface area contributed by atoms with Crippen LogP contribution in [-0.4, -0.2) is 72.5 Å².